The Balaban J connectivity index is 1.64. The van der Waals surface area contributed by atoms with Crippen molar-refractivity contribution in [1.29, 1.82) is 0 Å². The molecule has 1 aromatic rings. The first-order valence-electron chi connectivity index (χ1n) is 8.13. The summed E-state index contributed by atoms with van der Waals surface area (Å²) in [5, 5.41) is 12.7. The van der Waals surface area contributed by atoms with Gasteiger partial charge in [-0.15, -0.1) is 0 Å². The monoisotopic (exact) mass is 304 g/mol. The van der Waals surface area contributed by atoms with Crippen molar-refractivity contribution in [2.24, 2.45) is 17.8 Å². The Bertz CT molecular complexity index is 529. The standard InChI is InChI=1S/C17H24N2O3/c1-10(2)22-15-6-5-13(8-18-15)17(21)19-16-12-4-3-11(7-12)14(16)9-20/h5-6,8,10-12,14,16,20H,3-4,7,9H2,1-2H3,(H,19,21). The lowest BCUT2D eigenvalue weighted by Crippen LogP contribution is -2.45. The van der Waals surface area contributed by atoms with Crippen LogP contribution in [0.25, 0.3) is 0 Å². The van der Waals surface area contributed by atoms with Gasteiger partial charge in [0, 0.05) is 30.8 Å². The normalized spacial score (nSPS) is 29.8. The highest BCUT2D eigenvalue weighted by atomic mass is 16.5. The first kappa shape index (κ1) is 15.3. The molecule has 2 N–H and O–H groups in total. The van der Waals surface area contributed by atoms with Crippen LogP contribution in [0.1, 0.15) is 43.5 Å². The molecule has 5 nitrogen and oxygen atoms in total. The van der Waals surface area contributed by atoms with Gasteiger partial charge in [-0.1, -0.05) is 0 Å². The summed E-state index contributed by atoms with van der Waals surface area (Å²) in [6.45, 7) is 4.03. The molecule has 2 bridgehead atoms. The molecule has 2 aliphatic rings. The van der Waals surface area contributed by atoms with Crippen LogP contribution in [0, 0.1) is 17.8 Å². The fraction of sp³-hybridized carbons (Fsp3) is 0.647. The van der Waals surface area contributed by atoms with Crippen LogP contribution in [0.2, 0.25) is 0 Å². The molecule has 0 saturated heterocycles. The number of aliphatic hydroxyl groups excluding tert-OH is 1. The summed E-state index contributed by atoms with van der Waals surface area (Å²) in [6, 6.07) is 3.56. The van der Waals surface area contributed by atoms with E-state index in [4.69, 9.17) is 4.74 Å². The number of amides is 1. The summed E-state index contributed by atoms with van der Waals surface area (Å²) in [4.78, 5) is 16.6. The molecule has 120 valence electrons. The molecular weight excluding hydrogens is 280 g/mol. The van der Waals surface area contributed by atoms with E-state index in [1.165, 1.54) is 6.42 Å². The quantitative estimate of drug-likeness (QED) is 0.873. The van der Waals surface area contributed by atoms with Crippen LogP contribution in [-0.2, 0) is 0 Å². The molecular formula is C17H24N2O3. The summed E-state index contributed by atoms with van der Waals surface area (Å²) >= 11 is 0. The van der Waals surface area contributed by atoms with Crippen LogP contribution in [0.15, 0.2) is 18.3 Å². The van der Waals surface area contributed by atoms with Gasteiger partial charge >= 0.3 is 0 Å². The average molecular weight is 304 g/mol. The minimum Gasteiger partial charge on any atom is -0.475 e. The summed E-state index contributed by atoms with van der Waals surface area (Å²) < 4.78 is 5.48. The molecule has 0 aliphatic heterocycles. The molecule has 4 unspecified atom stereocenters. The zero-order valence-electron chi connectivity index (χ0n) is 13.2. The van der Waals surface area contributed by atoms with E-state index in [2.05, 4.69) is 10.3 Å². The van der Waals surface area contributed by atoms with Gasteiger partial charge in [-0.25, -0.2) is 4.98 Å². The Labute approximate surface area is 131 Å². The van der Waals surface area contributed by atoms with Gasteiger partial charge in [0.25, 0.3) is 5.91 Å². The third kappa shape index (κ3) is 2.95. The van der Waals surface area contributed by atoms with Crippen molar-refractivity contribution < 1.29 is 14.6 Å². The summed E-state index contributed by atoms with van der Waals surface area (Å²) in [5.74, 6) is 1.71. The topological polar surface area (TPSA) is 71.5 Å². The number of aliphatic hydroxyl groups is 1. The fourth-order valence-corrected chi connectivity index (χ4v) is 3.96. The Morgan fingerprint density at radius 2 is 2.18 bits per heavy atom. The Morgan fingerprint density at radius 3 is 2.82 bits per heavy atom. The van der Waals surface area contributed by atoms with E-state index in [1.807, 2.05) is 13.8 Å². The highest BCUT2D eigenvalue weighted by molar-refractivity contribution is 5.94. The number of hydrogen-bond donors (Lipinski definition) is 2. The molecule has 0 aromatic carbocycles. The molecule has 0 radical (unpaired) electrons. The van der Waals surface area contributed by atoms with E-state index < -0.39 is 0 Å². The van der Waals surface area contributed by atoms with Crippen LogP contribution < -0.4 is 10.1 Å². The van der Waals surface area contributed by atoms with Gasteiger partial charge in [0.1, 0.15) is 0 Å². The predicted octanol–water partition coefficient (Wildman–Crippen LogP) is 2.01. The van der Waals surface area contributed by atoms with E-state index in [0.717, 1.165) is 12.8 Å². The molecule has 2 fully saturated rings. The van der Waals surface area contributed by atoms with Crippen molar-refractivity contribution in [2.45, 2.75) is 45.3 Å². The molecule has 22 heavy (non-hydrogen) atoms. The van der Waals surface area contributed by atoms with Gasteiger partial charge in [-0.3, -0.25) is 4.79 Å². The van der Waals surface area contributed by atoms with Crippen LogP contribution in [0.3, 0.4) is 0 Å². The highest BCUT2D eigenvalue weighted by Crippen LogP contribution is 2.48. The van der Waals surface area contributed by atoms with Crippen LogP contribution in [-0.4, -0.2) is 34.8 Å². The number of aromatic nitrogens is 1. The maximum Gasteiger partial charge on any atom is 0.253 e. The number of fused-ring (bicyclic) bond motifs is 2. The smallest absolute Gasteiger partial charge is 0.253 e. The first-order chi connectivity index (χ1) is 10.6. The van der Waals surface area contributed by atoms with E-state index in [9.17, 15) is 9.90 Å². The van der Waals surface area contributed by atoms with E-state index >= 15 is 0 Å². The van der Waals surface area contributed by atoms with Crippen molar-refractivity contribution >= 4 is 5.91 Å². The SMILES string of the molecule is CC(C)Oc1ccc(C(=O)NC2C3CCC(C3)C2CO)cn1. The number of carbonyl (C=O) groups excluding carboxylic acids is 1. The number of nitrogens with zero attached hydrogens (tertiary/aromatic N) is 1. The van der Waals surface area contributed by atoms with Crippen molar-refractivity contribution in [3.8, 4) is 5.88 Å². The zero-order valence-corrected chi connectivity index (χ0v) is 13.2. The lowest BCUT2D eigenvalue weighted by Gasteiger charge is -2.30. The van der Waals surface area contributed by atoms with Crippen molar-refractivity contribution in [1.82, 2.24) is 10.3 Å². The van der Waals surface area contributed by atoms with Crippen LogP contribution in [0.4, 0.5) is 0 Å². The second-order valence-electron chi connectivity index (χ2n) is 6.73. The van der Waals surface area contributed by atoms with Crippen LogP contribution >= 0.6 is 0 Å². The molecule has 1 aromatic heterocycles. The Hall–Kier alpha value is -1.62. The van der Waals surface area contributed by atoms with Gasteiger partial charge in [-0.2, -0.15) is 0 Å². The number of ether oxygens (including phenoxy) is 1. The van der Waals surface area contributed by atoms with Gasteiger partial charge in [-0.05, 0) is 51.0 Å². The lowest BCUT2D eigenvalue weighted by atomic mass is 9.85. The fourth-order valence-electron chi connectivity index (χ4n) is 3.96. The van der Waals surface area contributed by atoms with Crippen LogP contribution in [0.5, 0.6) is 5.88 Å². The zero-order chi connectivity index (χ0) is 15.7. The third-order valence-corrected chi connectivity index (χ3v) is 4.95. The minimum atomic E-state index is -0.111. The highest BCUT2D eigenvalue weighted by Gasteiger charge is 2.47. The molecule has 1 heterocycles. The molecule has 2 aliphatic carbocycles. The lowest BCUT2D eigenvalue weighted by molar-refractivity contribution is 0.0861. The number of nitrogens with one attached hydrogen (secondary N) is 1. The van der Waals surface area contributed by atoms with Crippen molar-refractivity contribution in [2.75, 3.05) is 6.61 Å². The van der Waals surface area contributed by atoms with E-state index in [1.54, 1.807) is 18.3 Å². The number of hydrogen-bond acceptors (Lipinski definition) is 4. The average Bonchev–Trinajstić information content (AvgIpc) is 3.08. The Kier molecular flexibility index (Phi) is 4.34. The molecule has 2 saturated carbocycles. The number of carbonyl (C=O) groups is 1. The minimum absolute atomic E-state index is 0.0616. The largest absolute Gasteiger partial charge is 0.475 e. The van der Waals surface area contributed by atoms with Crippen molar-refractivity contribution in [3.63, 3.8) is 0 Å². The Morgan fingerprint density at radius 1 is 1.41 bits per heavy atom. The predicted molar refractivity (Wildman–Crippen MR) is 82.7 cm³/mol. The van der Waals surface area contributed by atoms with E-state index in [0.29, 0.717) is 23.3 Å². The summed E-state index contributed by atoms with van der Waals surface area (Å²) in [7, 11) is 0. The van der Waals surface area contributed by atoms with Gasteiger partial charge in [0.15, 0.2) is 0 Å². The molecule has 3 rings (SSSR count). The summed E-state index contributed by atoms with van der Waals surface area (Å²) in [6.07, 6.45) is 5.09. The van der Waals surface area contributed by atoms with E-state index in [-0.39, 0.29) is 30.6 Å². The maximum absolute atomic E-state index is 12.4. The van der Waals surface area contributed by atoms with Gasteiger partial charge in [0.05, 0.1) is 11.7 Å². The third-order valence-electron chi connectivity index (χ3n) is 4.95. The molecule has 0 spiro atoms. The molecule has 5 heteroatoms. The molecule has 4 atom stereocenters. The number of pyridine rings is 1. The molecule has 1 amide bonds. The number of rotatable bonds is 5. The van der Waals surface area contributed by atoms with Gasteiger partial charge < -0.3 is 15.2 Å². The first-order valence-corrected chi connectivity index (χ1v) is 8.13. The van der Waals surface area contributed by atoms with Crippen molar-refractivity contribution in [3.05, 3.63) is 23.9 Å². The van der Waals surface area contributed by atoms with Gasteiger partial charge in [0.2, 0.25) is 5.88 Å². The maximum atomic E-state index is 12.4. The second kappa shape index (κ2) is 6.24. The summed E-state index contributed by atoms with van der Waals surface area (Å²) in [5.41, 5.74) is 0.538. The second-order valence-corrected chi connectivity index (χ2v) is 6.73.